The van der Waals surface area contributed by atoms with E-state index in [-0.39, 0.29) is 21.7 Å². The fourth-order valence-corrected chi connectivity index (χ4v) is 10.5. The molecule has 0 aromatic heterocycles. The Morgan fingerprint density at radius 2 is 0.903 bits per heavy atom. The molecule has 1 unspecified atom stereocenters. The first-order valence-electron chi connectivity index (χ1n) is 22.3. The average molecular weight is 804 g/mol. The Morgan fingerprint density at radius 3 is 1.53 bits per heavy atom. The zero-order chi connectivity index (χ0) is 43.2. The molecule has 0 saturated heterocycles. The van der Waals surface area contributed by atoms with E-state index in [2.05, 4.69) is 249 Å². The van der Waals surface area contributed by atoms with Crippen LogP contribution in [0.15, 0.2) is 182 Å². The summed E-state index contributed by atoms with van der Waals surface area (Å²) in [5.41, 5.74) is 23.0. The van der Waals surface area contributed by atoms with Crippen molar-refractivity contribution >= 4 is 17.1 Å². The monoisotopic (exact) mass is 803 g/mol. The quantitative estimate of drug-likeness (QED) is 0.162. The molecule has 306 valence electrons. The topological polar surface area (TPSA) is 3.24 Å². The molecule has 0 bridgehead atoms. The van der Waals surface area contributed by atoms with Gasteiger partial charge in [0, 0.05) is 27.9 Å². The predicted octanol–water partition coefficient (Wildman–Crippen LogP) is 16.7. The van der Waals surface area contributed by atoms with Crippen LogP contribution in [0.25, 0.3) is 44.5 Å². The summed E-state index contributed by atoms with van der Waals surface area (Å²) < 4.78 is 0. The molecule has 0 heterocycles. The van der Waals surface area contributed by atoms with E-state index >= 15 is 0 Å². The summed E-state index contributed by atoms with van der Waals surface area (Å²) in [4.78, 5) is 2.42. The number of anilines is 3. The molecule has 62 heavy (non-hydrogen) atoms. The van der Waals surface area contributed by atoms with Gasteiger partial charge in [-0.1, -0.05) is 195 Å². The Balaban J connectivity index is 1.09. The van der Waals surface area contributed by atoms with Crippen LogP contribution in [0.4, 0.5) is 17.1 Å². The van der Waals surface area contributed by atoms with Crippen LogP contribution in [-0.2, 0) is 21.7 Å². The molecule has 0 aliphatic heterocycles. The van der Waals surface area contributed by atoms with Gasteiger partial charge in [0.1, 0.15) is 0 Å². The van der Waals surface area contributed by atoms with Gasteiger partial charge in [-0.25, -0.2) is 0 Å². The molecule has 0 radical (unpaired) electrons. The number of fused-ring (bicyclic) bond motifs is 6. The van der Waals surface area contributed by atoms with Gasteiger partial charge in [-0.15, -0.1) is 0 Å². The number of rotatable bonds is 6. The van der Waals surface area contributed by atoms with Crippen LogP contribution < -0.4 is 4.90 Å². The molecule has 1 nitrogen and oxygen atoms in total. The molecule has 0 N–H and O–H groups in total. The molecule has 1 atom stereocenters. The van der Waals surface area contributed by atoms with Crippen LogP contribution in [0.5, 0.6) is 0 Å². The van der Waals surface area contributed by atoms with Crippen LogP contribution in [-0.4, -0.2) is 0 Å². The molecule has 2 aliphatic carbocycles. The van der Waals surface area contributed by atoms with Gasteiger partial charge in [-0.05, 0) is 144 Å². The maximum Gasteiger partial charge on any atom is 0.0465 e. The van der Waals surface area contributed by atoms with Gasteiger partial charge in [0.2, 0.25) is 0 Å². The van der Waals surface area contributed by atoms with Crippen LogP contribution in [0, 0.1) is 0 Å². The Kier molecular flexibility index (Phi) is 9.16. The van der Waals surface area contributed by atoms with E-state index in [1.165, 1.54) is 83.5 Å². The van der Waals surface area contributed by atoms with Crippen molar-refractivity contribution in [2.45, 2.75) is 84.0 Å². The summed E-state index contributed by atoms with van der Waals surface area (Å²) in [6.07, 6.45) is 0. The summed E-state index contributed by atoms with van der Waals surface area (Å²) in [7, 11) is 0. The van der Waals surface area contributed by atoms with Gasteiger partial charge in [-0.3, -0.25) is 0 Å². The summed E-state index contributed by atoms with van der Waals surface area (Å²) >= 11 is 0. The molecule has 0 spiro atoms. The summed E-state index contributed by atoms with van der Waals surface area (Å²) in [6, 6.07) is 68.3. The molecule has 0 amide bonds. The van der Waals surface area contributed by atoms with Crippen molar-refractivity contribution in [3.05, 3.63) is 221 Å². The molecule has 0 fully saturated rings. The van der Waals surface area contributed by atoms with Crippen molar-refractivity contribution in [2.75, 3.05) is 4.90 Å². The predicted molar refractivity (Wildman–Crippen MR) is 264 cm³/mol. The van der Waals surface area contributed by atoms with Gasteiger partial charge < -0.3 is 4.90 Å². The van der Waals surface area contributed by atoms with Crippen molar-refractivity contribution in [2.24, 2.45) is 0 Å². The molecule has 2 aliphatic rings. The third kappa shape index (κ3) is 6.36. The number of hydrogen-bond donors (Lipinski definition) is 0. The highest BCUT2D eigenvalue weighted by atomic mass is 15.1. The maximum atomic E-state index is 2.51. The van der Waals surface area contributed by atoms with Crippen molar-refractivity contribution in [1.82, 2.24) is 0 Å². The second-order valence-corrected chi connectivity index (χ2v) is 20.4. The molecule has 8 aromatic carbocycles. The lowest BCUT2D eigenvalue weighted by Crippen LogP contribution is -2.28. The van der Waals surface area contributed by atoms with E-state index in [9.17, 15) is 0 Å². The highest BCUT2D eigenvalue weighted by molar-refractivity contribution is 5.90. The summed E-state index contributed by atoms with van der Waals surface area (Å²) in [6.45, 7) is 21.3. The summed E-state index contributed by atoms with van der Waals surface area (Å²) in [5.74, 6) is 0. The van der Waals surface area contributed by atoms with Crippen molar-refractivity contribution in [3.8, 4) is 44.5 Å². The standard InChI is InChI=1S/C61H57N/c1-58(2,3)45-37-52-51-36-43(28-35-54(51)61(9,44-20-14-11-15-21-44)57(52)56(38-45)59(4,5)6)42-26-31-47(32-27-42)62(46-29-24-41(25-30-46)40-18-12-10-13-19-40)48-33-34-50-49-22-16-17-23-53(49)60(7,8)55(50)39-48/h10-39H,1-9H3. The summed E-state index contributed by atoms with van der Waals surface area (Å²) in [5, 5.41) is 0. The SMILES string of the molecule is CC(C)(C)c1cc2c(c(C(C)(C)C)c1)C(C)(c1ccccc1)c1ccc(-c3ccc(N(c4ccc(-c5ccccc5)cc4)c4ccc5c(c4)C(C)(C)c4ccccc4-5)cc3)cc1-2. The van der Waals surface area contributed by atoms with Crippen molar-refractivity contribution < 1.29 is 0 Å². The first-order valence-corrected chi connectivity index (χ1v) is 22.3. The van der Waals surface area contributed by atoms with Gasteiger partial charge in [0.25, 0.3) is 0 Å². The van der Waals surface area contributed by atoms with E-state index in [1.54, 1.807) is 0 Å². The fraction of sp³-hybridized carbons (Fsp3) is 0.213. The lowest BCUT2D eigenvalue weighted by molar-refractivity contribution is 0.553. The van der Waals surface area contributed by atoms with Gasteiger partial charge in [0.05, 0.1) is 0 Å². The van der Waals surface area contributed by atoms with Gasteiger partial charge in [-0.2, -0.15) is 0 Å². The largest absolute Gasteiger partial charge is 0.310 e. The Bertz CT molecular complexity index is 2970. The lowest BCUT2D eigenvalue weighted by Gasteiger charge is -2.35. The van der Waals surface area contributed by atoms with E-state index < -0.39 is 0 Å². The van der Waals surface area contributed by atoms with Crippen LogP contribution >= 0.6 is 0 Å². The number of nitrogens with zero attached hydrogens (tertiary/aromatic N) is 1. The van der Waals surface area contributed by atoms with Gasteiger partial charge in [0.15, 0.2) is 0 Å². The first kappa shape index (κ1) is 39.7. The van der Waals surface area contributed by atoms with Crippen LogP contribution in [0.2, 0.25) is 0 Å². The van der Waals surface area contributed by atoms with Crippen LogP contribution in [0.1, 0.15) is 101 Å². The maximum absolute atomic E-state index is 2.51. The number of hydrogen-bond acceptors (Lipinski definition) is 1. The Hall–Kier alpha value is -6.44. The van der Waals surface area contributed by atoms with Gasteiger partial charge >= 0.3 is 0 Å². The second kappa shape index (κ2) is 14.3. The minimum atomic E-state index is -0.282. The lowest BCUT2D eigenvalue weighted by atomic mass is 9.68. The van der Waals surface area contributed by atoms with E-state index in [0.29, 0.717) is 0 Å². The normalized spacial score (nSPS) is 16.0. The van der Waals surface area contributed by atoms with E-state index in [4.69, 9.17) is 0 Å². The highest BCUT2D eigenvalue weighted by Gasteiger charge is 2.45. The molecule has 8 aromatic rings. The minimum Gasteiger partial charge on any atom is -0.310 e. The molecule has 10 rings (SSSR count). The Labute approximate surface area is 369 Å². The molecule has 0 saturated carbocycles. The fourth-order valence-electron chi connectivity index (χ4n) is 10.5. The molecular formula is C61H57N. The van der Waals surface area contributed by atoms with E-state index in [1.807, 2.05) is 0 Å². The zero-order valence-electron chi connectivity index (χ0n) is 37.8. The third-order valence-electron chi connectivity index (χ3n) is 14.0. The number of benzene rings is 8. The zero-order valence-corrected chi connectivity index (χ0v) is 37.8. The minimum absolute atomic E-state index is 0.0146. The average Bonchev–Trinajstić information content (AvgIpc) is 3.67. The Morgan fingerprint density at radius 1 is 0.371 bits per heavy atom. The van der Waals surface area contributed by atoms with Crippen molar-refractivity contribution in [1.29, 1.82) is 0 Å². The third-order valence-corrected chi connectivity index (χ3v) is 14.0. The first-order chi connectivity index (χ1) is 29.6. The van der Waals surface area contributed by atoms with E-state index in [0.717, 1.165) is 17.1 Å². The molecule has 1 heteroatoms. The molecular weight excluding hydrogens is 747 g/mol. The smallest absolute Gasteiger partial charge is 0.0465 e. The second-order valence-electron chi connectivity index (χ2n) is 20.4. The van der Waals surface area contributed by atoms with Crippen LogP contribution in [0.3, 0.4) is 0 Å². The highest BCUT2D eigenvalue weighted by Crippen LogP contribution is 2.57. The van der Waals surface area contributed by atoms with Crippen molar-refractivity contribution in [3.63, 3.8) is 0 Å².